The monoisotopic (exact) mass is 229 g/mol. The number of aromatic nitrogens is 3. The second-order valence-corrected chi connectivity index (χ2v) is 3.68. The van der Waals surface area contributed by atoms with E-state index in [1.165, 1.54) is 0 Å². The predicted molar refractivity (Wildman–Crippen MR) is 62.5 cm³/mol. The lowest BCUT2D eigenvalue weighted by Gasteiger charge is -2.23. The second-order valence-electron chi connectivity index (χ2n) is 3.35. The summed E-state index contributed by atoms with van der Waals surface area (Å²) in [5.74, 6) is 1.08. The van der Waals surface area contributed by atoms with Crippen molar-refractivity contribution in [2.75, 3.05) is 24.3 Å². The van der Waals surface area contributed by atoms with Crippen LogP contribution in [0.1, 0.15) is 20.3 Å². The maximum absolute atomic E-state index is 5.79. The first-order chi connectivity index (χ1) is 7.08. The third-order valence-electron chi connectivity index (χ3n) is 2.39. The van der Waals surface area contributed by atoms with Gasteiger partial charge in [0.05, 0.1) is 0 Å². The quantitative estimate of drug-likeness (QED) is 0.854. The van der Waals surface area contributed by atoms with Gasteiger partial charge in [-0.05, 0) is 24.9 Å². The van der Waals surface area contributed by atoms with E-state index in [9.17, 15) is 0 Å². The smallest absolute Gasteiger partial charge is 0.231 e. The standard InChI is InChI=1S/C9H16ClN5/c1-5-6(2)15(4)9-13-7(10)12-8(11-3)14-9/h6H,5H2,1-4H3,(H,11,12,13,14). The Kier molecular flexibility index (Phi) is 4.08. The van der Waals surface area contributed by atoms with E-state index in [1.807, 2.05) is 11.9 Å². The molecule has 0 aromatic carbocycles. The molecule has 1 aromatic rings. The number of anilines is 2. The normalized spacial score (nSPS) is 12.3. The van der Waals surface area contributed by atoms with Crippen molar-refractivity contribution in [3.63, 3.8) is 0 Å². The van der Waals surface area contributed by atoms with E-state index < -0.39 is 0 Å². The highest BCUT2D eigenvalue weighted by Gasteiger charge is 2.12. The molecule has 0 bridgehead atoms. The van der Waals surface area contributed by atoms with Crippen LogP contribution in [-0.4, -0.2) is 35.1 Å². The molecule has 0 aliphatic rings. The van der Waals surface area contributed by atoms with Gasteiger partial charge in [0, 0.05) is 20.1 Å². The number of nitrogens with one attached hydrogen (secondary N) is 1. The molecule has 1 heterocycles. The fourth-order valence-corrected chi connectivity index (χ4v) is 1.24. The molecular weight excluding hydrogens is 214 g/mol. The summed E-state index contributed by atoms with van der Waals surface area (Å²) in [5.41, 5.74) is 0. The molecule has 5 nitrogen and oxygen atoms in total. The van der Waals surface area contributed by atoms with Gasteiger partial charge >= 0.3 is 0 Å². The van der Waals surface area contributed by atoms with Crippen LogP contribution in [0.25, 0.3) is 0 Å². The third kappa shape index (κ3) is 2.92. The topological polar surface area (TPSA) is 53.9 Å². The largest absolute Gasteiger partial charge is 0.357 e. The van der Waals surface area contributed by atoms with Crippen molar-refractivity contribution in [3.8, 4) is 0 Å². The van der Waals surface area contributed by atoms with Gasteiger partial charge in [-0.2, -0.15) is 15.0 Å². The molecule has 0 amide bonds. The Morgan fingerprint density at radius 3 is 2.60 bits per heavy atom. The van der Waals surface area contributed by atoms with Gasteiger partial charge in [-0.1, -0.05) is 6.92 Å². The van der Waals surface area contributed by atoms with Gasteiger partial charge < -0.3 is 10.2 Å². The second kappa shape index (κ2) is 5.11. The molecule has 1 rings (SSSR count). The van der Waals surface area contributed by atoms with Crippen LogP contribution in [-0.2, 0) is 0 Å². The molecule has 0 spiro atoms. The van der Waals surface area contributed by atoms with Crippen LogP contribution in [0.5, 0.6) is 0 Å². The summed E-state index contributed by atoms with van der Waals surface area (Å²) < 4.78 is 0. The molecule has 1 aromatic heterocycles. The van der Waals surface area contributed by atoms with E-state index in [2.05, 4.69) is 34.1 Å². The van der Waals surface area contributed by atoms with E-state index in [4.69, 9.17) is 11.6 Å². The maximum Gasteiger partial charge on any atom is 0.231 e. The molecule has 1 N–H and O–H groups in total. The highest BCUT2D eigenvalue weighted by atomic mass is 35.5. The zero-order chi connectivity index (χ0) is 11.4. The SMILES string of the molecule is CCC(C)N(C)c1nc(Cl)nc(NC)n1. The van der Waals surface area contributed by atoms with Gasteiger partial charge in [0.2, 0.25) is 17.2 Å². The van der Waals surface area contributed by atoms with Crippen molar-refractivity contribution in [1.82, 2.24) is 15.0 Å². The van der Waals surface area contributed by atoms with Crippen molar-refractivity contribution in [1.29, 1.82) is 0 Å². The van der Waals surface area contributed by atoms with Crippen LogP contribution in [0.15, 0.2) is 0 Å². The Balaban J connectivity index is 2.97. The number of hydrogen-bond acceptors (Lipinski definition) is 5. The van der Waals surface area contributed by atoms with Crippen LogP contribution in [0.2, 0.25) is 5.28 Å². The van der Waals surface area contributed by atoms with Crippen LogP contribution in [0, 0.1) is 0 Å². The maximum atomic E-state index is 5.79. The third-order valence-corrected chi connectivity index (χ3v) is 2.56. The Hall–Kier alpha value is -1.10. The highest BCUT2D eigenvalue weighted by molar-refractivity contribution is 6.28. The minimum absolute atomic E-state index is 0.208. The van der Waals surface area contributed by atoms with E-state index in [1.54, 1.807) is 7.05 Å². The number of hydrogen-bond donors (Lipinski definition) is 1. The molecule has 0 saturated carbocycles. The number of rotatable bonds is 4. The lowest BCUT2D eigenvalue weighted by molar-refractivity contribution is 0.647. The average Bonchev–Trinajstić information content (AvgIpc) is 2.26. The molecular formula is C9H16ClN5. The van der Waals surface area contributed by atoms with E-state index in [0.717, 1.165) is 6.42 Å². The van der Waals surface area contributed by atoms with Crippen LogP contribution < -0.4 is 10.2 Å². The Labute approximate surface area is 94.9 Å². The molecule has 0 saturated heterocycles. The first kappa shape index (κ1) is 12.0. The summed E-state index contributed by atoms with van der Waals surface area (Å²) in [6.45, 7) is 4.22. The van der Waals surface area contributed by atoms with Crippen LogP contribution in [0.4, 0.5) is 11.9 Å². The van der Waals surface area contributed by atoms with Gasteiger partial charge in [-0.25, -0.2) is 0 Å². The van der Waals surface area contributed by atoms with E-state index >= 15 is 0 Å². The van der Waals surface area contributed by atoms with Gasteiger partial charge in [-0.3, -0.25) is 0 Å². The summed E-state index contributed by atoms with van der Waals surface area (Å²) >= 11 is 5.79. The number of halogens is 1. The van der Waals surface area contributed by atoms with Crippen molar-refractivity contribution >= 4 is 23.5 Å². The van der Waals surface area contributed by atoms with E-state index in [0.29, 0.717) is 17.9 Å². The van der Waals surface area contributed by atoms with Crippen molar-refractivity contribution in [2.24, 2.45) is 0 Å². The first-order valence-corrected chi connectivity index (χ1v) is 5.28. The molecule has 0 fully saturated rings. The molecule has 1 atom stereocenters. The number of nitrogens with zero attached hydrogens (tertiary/aromatic N) is 4. The Bertz CT molecular complexity index is 330. The van der Waals surface area contributed by atoms with Crippen molar-refractivity contribution < 1.29 is 0 Å². The summed E-state index contributed by atoms with van der Waals surface area (Å²) in [4.78, 5) is 14.2. The van der Waals surface area contributed by atoms with Gasteiger partial charge in [0.1, 0.15) is 0 Å². The zero-order valence-electron chi connectivity index (χ0n) is 9.45. The van der Waals surface area contributed by atoms with Crippen molar-refractivity contribution in [2.45, 2.75) is 26.3 Å². The molecule has 84 valence electrons. The molecule has 0 aliphatic carbocycles. The fraction of sp³-hybridized carbons (Fsp3) is 0.667. The van der Waals surface area contributed by atoms with Gasteiger partial charge in [0.25, 0.3) is 0 Å². The summed E-state index contributed by atoms with van der Waals surface area (Å²) in [6, 6.07) is 0.369. The summed E-state index contributed by atoms with van der Waals surface area (Å²) in [6.07, 6.45) is 1.02. The minimum Gasteiger partial charge on any atom is -0.357 e. The Morgan fingerprint density at radius 1 is 1.40 bits per heavy atom. The molecule has 15 heavy (non-hydrogen) atoms. The predicted octanol–water partition coefficient (Wildman–Crippen LogP) is 1.80. The van der Waals surface area contributed by atoms with Gasteiger partial charge in [0.15, 0.2) is 0 Å². The molecule has 1 unspecified atom stereocenters. The van der Waals surface area contributed by atoms with Crippen LogP contribution in [0.3, 0.4) is 0 Å². The average molecular weight is 230 g/mol. The molecule has 0 radical (unpaired) electrons. The Morgan fingerprint density at radius 2 is 2.07 bits per heavy atom. The fourth-order valence-electron chi connectivity index (χ4n) is 1.08. The summed E-state index contributed by atoms with van der Waals surface area (Å²) in [5, 5.41) is 3.05. The highest BCUT2D eigenvalue weighted by Crippen LogP contribution is 2.15. The zero-order valence-corrected chi connectivity index (χ0v) is 10.2. The van der Waals surface area contributed by atoms with Crippen molar-refractivity contribution in [3.05, 3.63) is 5.28 Å². The molecule has 0 aliphatic heterocycles. The van der Waals surface area contributed by atoms with Crippen LogP contribution >= 0.6 is 11.6 Å². The van der Waals surface area contributed by atoms with Gasteiger partial charge in [-0.15, -0.1) is 0 Å². The minimum atomic E-state index is 0.208. The lowest BCUT2D eigenvalue weighted by atomic mass is 10.2. The first-order valence-electron chi connectivity index (χ1n) is 4.90. The summed E-state index contributed by atoms with van der Waals surface area (Å²) in [7, 11) is 3.69. The van der Waals surface area contributed by atoms with E-state index in [-0.39, 0.29) is 5.28 Å². The molecule has 6 heteroatoms. The lowest BCUT2D eigenvalue weighted by Crippen LogP contribution is -2.30.